The molecule has 1 N–H and O–H groups in total. The van der Waals surface area contributed by atoms with Gasteiger partial charge in [-0.05, 0) is 54.4 Å². The smallest absolute Gasteiger partial charge is 0.254 e. The van der Waals surface area contributed by atoms with Crippen LogP contribution in [-0.4, -0.2) is 79.9 Å². The largest absolute Gasteiger partial charge is 0.490 e. The Morgan fingerprint density at radius 3 is 2.55 bits per heavy atom. The first-order valence-electron chi connectivity index (χ1n) is 14.2. The second kappa shape index (κ2) is 12.4. The van der Waals surface area contributed by atoms with Crippen molar-refractivity contribution in [3.63, 3.8) is 0 Å². The van der Waals surface area contributed by atoms with Gasteiger partial charge in [0.2, 0.25) is 0 Å². The topological polar surface area (TPSA) is 65.5 Å². The van der Waals surface area contributed by atoms with Crippen LogP contribution in [-0.2, 0) is 17.9 Å². The maximum atomic E-state index is 14.0. The third kappa shape index (κ3) is 6.02. The minimum absolute atomic E-state index is 0.0401. The second-order valence-electron chi connectivity index (χ2n) is 11.3. The number of carbonyl (C=O) groups is 1. The van der Waals surface area contributed by atoms with Crippen LogP contribution in [0.4, 0.5) is 5.69 Å². The van der Waals surface area contributed by atoms with E-state index in [-0.39, 0.29) is 30.6 Å². The number of fused-ring (bicyclic) bond motifs is 4. The first kappa shape index (κ1) is 28.1. The van der Waals surface area contributed by atoms with Crippen LogP contribution in [0.3, 0.4) is 0 Å². The molecule has 7 heteroatoms. The molecule has 0 spiro atoms. The minimum Gasteiger partial charge on any atom is -0.490 e. The summed E-state index contributed by atoms with van der Waals surface area (Å²) in [5.41, 5.74) is 5.92. The maximum absolute atomic E-state index is 14.0. The second-order valence-corrected chi connectivity index (χ2v) is 11.3. The SMILES string of the molecule is C[C@H](CO)N1C[C@H](C)[C@H](CN(C)Cc2ccc3c(c2)OCCN3C)OCc2ccccc2-c2ccccc2C1=O. The van der Waals surface area contributed by atoms with Crippen molar-refractivity contribution in [1.29, 1.82) is 0 Å². The number of ether oxygens (including phenoxy) is 2. The van der Waals surface area contributed by atoms with Crippen LogP contribution in [0, 0.1) is 5.92 Å². The van der Waals surface area contributed by atoms with E-state index < -0.39 is 0 Å². The predicted octanol–water partition coefficient (Wildman–Crippen LogP) is 4.67. The predicted molar refractivity (Wildman–Crippen MR) is 159 cm³/mol. The molecule has 3 aromatic carbocycles. The Morgan fingerprint density at radius 2 is 1.77 bits per heavy atom. The quantitative estimate of drug-likeness (QED) is 0.488. The molecule has 0 radical (unpaired) electrons. The summed E-state index contributed by atoms with van der Waals surface area (Å²) in [5.74, 6) is 0.910. The molecule has 3 aromatic rings. The van der Waals surface area contributed by atoms with E-state index in [2.05, 4.69) is 61.2 Å². The van der Waals surface area contributed by atoms with Gasteiger partial charge in [-0.2, -0.15) is 0 Å². The molecular formula is C33H41N3O4. The highest BCUT2D eigenvalue weighted by molar-refractivity contribution is 6.01. The van der Waals surface area contributed by atoms with E-state index in [1.165, 1.54) is 5.56 Å². The monoisotopic (exact) mass is 543 g/mol. The van der Waals surface area contributed by atoms with Gasteiger partial charge in [-0.25, -0.2) is 0 Å². The van der Waals surface area contributed by atoms with E-state index >= 15 is 0 Å². The molecule has 2 aliphatic rings. The number of benzene rings is 3. The van der Waals surface area contributed by atoms with E-state index in [4.69, 9.17) is 9.47 Å². The Labute approximate surface area is 237 Å². The summed E-state index contributed by atoms with van der Waals surface area (Å²) in [7, 11) is 4.20. The molecule has 212 valence electrons. The maximum Gasteiger partial charge on any atom is 0.254 e. The highest BCUT2D eigenvalue weighted by Gasteiger charge is 2.30. The minimum atomic E-state index is -0.314. The molecule has 0 aliphatic carbocycles. The molecule has 0 fully saturated rings. The molecule has 0 bridgehead atoms. The van der Waals surface area contributed by atoms with E-state index in [0.717, 1.165) is 41.2 Å². The summed E-state index contributed by atoms with van der Waals surface area (Å²) >= 11 is 0. The number of nitrogens with zero attached hydrogens (tertiary/aromatic N) is 3. The molecule has 5 rings (SSSR count). The number of anilines is 1. The van der Waals surface area contributed by atoms with Crippen LogP contribution in [0.15, 0.2) is 66.7 Å². The third-order valence-corrected chi connectivity index (χ3v) is 8.16. The Hall–Kier alpha value is -3.39. The molecule has 3 atom stereocenters. The number of carbonyl (C=O) groups excluding carboxylic acids is 1. The van der Waals surface area contributed by atoms with Crippen molar-refractivity contribution in [2.45, 2.75) is 39.1 Å². The number of aliphatic hydroxyl groups excluding tert-OH is 1. The summed E-state index contributed by atoms with van der Waals surface area (Å²) in [6, 6.07) is 22.1. The summed E-state index contributed by atoms with van der Waals surface area (Å²) in [5, 5.41) is 10.1. The van der Waals surface area contributed by atoms with Crippen molar-refractivity contribution < 1.29 is 19.4 Å². The van der Waals surface area contributed by atoms with Gasteiger partial charge in [0.25, 0.3) is 5.91 Å². The first-order chi connectivity index (χ1) is 19.4. The summed E-state index contributed by atoms with van der Waals surface area (Å²) < 4.78 is 12.6. The van der Waals surface area contributed by atoms with Crippen molar-refractivity contribution in [1.82, 2.24) is 9.80 Å². The van der Waals surface area contributed by atoms with Crippen LogP contribution in [0.5, 0.6) is 5.75 Å². The lowest BCUT2D eigenvalue weighted by atomic mass is 9.94. The van der Waals surface area contributed by atoms with Gasteiger partial charge in [0.1, 0.15) is 12.4 Å². The summed E-state index contributed by atoms with van der Waals surface area (Å²) in [6.07, 6.45) is -0.125. The molecule has 0 unspecified atom stereocenters. The number of rotatable bonds is 6. The standard InChI is InChI=1S/C33H41N3O4/c1-23-18-36(24(2)21-37)33(38)29-12-8-7-11-28(29)27-10-6-5-9-26(27)22-40-32(23)20-34(3)19-25-13-14-30-31(17-25)39-16-15-35(30)4/h5-14,17,23-24,32,37H,15-16,18-22H2,1-4H3/t23-,24+,32-/m0/s1. The van der Waals surface area contributed by atoms with Gasteiger partial charge in [-0.15, -0.1) is 0 Å². The number of likely N-dealkylation sites (N-methyl/N-ethyl adjacent to an activating group) is 2. The van der Waals surface area contributed by atoms with Crippen molar-refractivity contribution in [3.8, 4) is 16.9 Å². The molecule has 0 saturated heterocycles. The van der Waals surface area contributed by atoms with Crippen LogP contribution in [0.25, 0.3) is 11.1 Å². The fourth-order valence-corrected chi connectivity index (χ4v) is 5.74. The van der Waals surface area contributed by atoms with Gasteiger partial charge in [0.15, 0.2) is 0 Å². The third-order valence-electron chi connectivity index (χ3n) is 8.16. The Kier molecular flexibility index (Phi) is 8.74. The fourth-order valence-electron chi connectivity index (χ4n) is 5.74. The molecule has 2 aliphatic heterocycles. The van der Waals surface area contributed by atoms with Gasteiger partial charge < -0.3 is 24.4 Å². The van der Waals surface area contributed by atoms with Crippen molar-refractivity contribution >= 4 is 11.6 Å². The average molecular weight is 544 g/mol. The van der Waals surface area contributed by atoms with Crippen molar-refractivity contribution in [3.05, 3.63) is 83.4 Å². The Balaban J connectivity index is 1.42. The Bertz CT molecular complexity index is 1330. The van der Waals surface area contributed by atoms with Crippen molar-refractivity contribution in [2.24, 2.45) is 5.92 Å². The number of hydrogen-bond donors (Lipinski definition) is 1. The number of amides is 1. The van der Waals surface area contributed by atoms with Crippen LogP contribution >= 0.6 is 0 Å². The lowest BCUT2D eigenvalue weighted by Crippen LogP contribution is -2.47. The molecule has 0 saturated carbocycles. The zero-order chi connectivity index (χ0) is 28.2. The van der Waals surface area contributed by atoms with E-state index in [1.807, 2.05) is 48.2 Å². The molecule has 7 nitrogen and oxygen atoms in total. The summed E-state index contributed by atoms with van der Waals surface area (Å²) in [4.78, 5) is 20.3. The highest BCUT2D eigenvalue weighted by atomic mass is 16.5. The fraction of sp³-hybridized carbons (Fsp3) is 0.424. The molecule has 1 amide bonds. The Morgan fingerprint density at radius 1 is 1.05 bits per heavy atom. The van der Waals surface area contributed by atoms with Crippen LogP contribution in [0.2, 0.25) is 0 Å². The number of aliphatic hydroxyl groups is 1. The lowest BCUT2D eigenvalue weighted by molar-refractivity contribution is -0.0241. The van der Waals surface area contributed by atoms with Gasteiger partial charge >= 0.3 is 0 Å². The summed E-state index contributed by atoms with van der Waals surface area (Å²) in [6.45, 7) is 7.93. The zero-order valence-electron chi connectivity index (χ0n) is 24.0. The molecule has 0 aromatic heterocycles. The van der Waals surface area contributed by atoms with Crippen LogP contribution < -0.4 is 9.64 Å². The molecule has 2 heterocycles. The lowest BCUT2D eigenvalue weighted by Gasteiger charge is -2.35. The molecule has 40 heavy (non-hydrogen) atoms. The van der Waals surface area contributed by atoms with Gasteiger partial charge in [-0.3, -0.25) is 9.69 Å². The van der Waals surface area contributed by atoms with E-state index in [1.54, 1.807) is 0 Å². The average Bonchev–Trinajstić information content (AvgIpc) is 2.98. The van der Waals surface area contributed by atoms with Crippen molar-refractivity contribution in [2.75, 3.05) is 51.8 Å². The van der Waals surface area contributed by atoms with E-state index in [0.29, 0.717) is 31.9 Å². The van der Waals surface area contributed by atoms with Crippen LogP contribution in [0.1, 0.15) is 35.3 Å². The van der Waals surface area contributed by atoms with Gasteiger partial charge in [-0.1, -0.05) is 55.5 Å². The normalized spacial score (nSPS) is 20.2. The van der Waals surface area contributed by atoms with Gasteiger partial charge in [0, 0.05) is 38.2 Å². The highest BCUT2D eigenvalue weighted by Crippen LogP contribution is 2.33. The van der Waals surface area contributed by atoms with E-state index in [9.17, 15) is 9.90 Å². The number of hydrogen-bond acceptors (Lipinski definition) is 6. The zero-order valence-corrected chi connectivity index (χ0v) is 24.0. The molecular weight excluding hydrogens is 502 g/mol. The van der Waals surface area contributed by atoms with Gasteiger partial charge in [0.05, 0.1) is 37.6 Å². The first-order valence-corrected chi connectivity index (χ1v) is 14.2.